The molecule has 0 saturated carbocycles. The summed E-state index contributed by atoms with van der Waals surface area (Å²) in [6.45, 7) is 11.7. The number of anilines is 1. The second-order valence-electron chi connectivity index (χ2n) is 7.02. The molecule has 110 valence electrons. The predicted octanol–water partition coefficient (Wildman–Crippen LogP) is 2.92. The Morgan fingerprint density at radius 3 is 2.52 bits per heavy atom. The van der Waals surface area contributed by atoms with Gasteiger partial charge in [-0.25, -0.2) is 0 Å². The monoisotopic (exact) mass is 280 g/mol. The number of nitrogen functional groups attached to an aromatic ring is 1. The summed E-state index contributed by atoms with van der Waals surface area (Å²) in [7, 11) is 0. The Hall–Kier alpha value is -1.64. The first-order chi connectivity index (χ1) is 9.89. The highest BCUT2D eigenvalue weighted by Crippen LogP contribution is 2.33. The summed E-state index contributed by atoms with van der Waals surface area (Å²) in [5.41, 5.74) is 13.0. The van der Waals surface area contributed by atoms with E-state index >= 15 is 0 Å². The van der Waals surface area contributed by atoms with Crippen LogP contribution in [0.4, 0.5) is 5.69 Å². The second-order valence-corrected chi connectivity index (χ2v) is 7.02. The SMILES string of the molecule is CCB1c2ccccc2C(C)(C)n2cc(C(C)C)c(N)c21. The Balaban J connectivity index is 2.33. The van der Waals surface area contributed by atoms with E-state index in [9.17, 15) is 0 Å². The van der Waals surface area contributed by atoms with E-state index in [1.807, 2.05) is 0 Å². The van der Waals surface area contributed by atoms with Gasteiger partial charge >= 0.3 is 0 Å². The average Bonchev–Trinajstić information content (AvgIpc) is 2.79. The molecule has 0 aliphatic carbocycles. The highest BCUT2D eigenvalue weighted by atomic mass is 15.1. The van der Waals surface area contributed by atoms with Crippen molar-refractivity contribution in [2.24, 2.45) is 0 Å². The van der Waals surface area contributed by atoms with Crippen LogP contribution in [0, 0.1) is 0 Å². The molecular weight excluding hydrogens is 255 g/mol. The highest BCUT2D eigenvalue weighted by molar-refractivity contribution is 6.86. The molecule has 0 fully saturated rings. The minimum Gasteiger partial charge on any atom is -0.398 e. The third kappa shape index (κ3) is 1.86. The number of nitrogens with zero attached hydrogens (tertiary/aromatic N) is 1. The molecule has 1 aromatic carbocycles. The number of rotatable bonds is 2. The van der Waals surface area contributed by atoms with Crippen molar-refractivity contribution in [1.82, 2.24) is 4.57 Å². The number of hydrogen-bond donors (Lipinski definition) is 1. The summed E-state index contributed by atoms with van der Waals surface area (Å²) >= 11 is 0. The van der Waals surface area contributed by atoms with Crippen molar-refractivity contribution < 1.29 is 0 Å². The van der Waals surface area contributed by atoms with Crippen LogP contribution in [0.1, 0.15) is 51.7 Å². The topological polar surface area (TPSA) is 30.9 Å². The first kappa shape index (κ1) is 14.3. The van der Waals surface area contributed by atoms with E-state index < -0.39 is 0 Å². The Morgan fingerprint density at radius 2 is 1.90 bits per heavy atom. The Morgan fingerprint density at radius 1 is 1.24 bits per heavy atom. The van der Waals surface area contributed by atoms with Gasteiger partial charge in [0.25, 0.3) is 0 Å². The number of benzene rings is 1. The van der Waals surface area contributed by atoms with E-state index in [4.69, 9.17) is 5.73 Å². The first-order valence-corrected chi connectivity index (χ1v) is 8.00. The van der Waals surface area contributed by atoms with E-state index in [-0.39, 0.29) is 5.54 Å². The molecule has 1 aromatic heterocycles. The summed E-state index contributed by atoms with van der Waals surface area (Å²) in [6, 6.07) is 8.84. The maximum Gasteiger partial charge on any atom is 0.233 e. The number of fused-ring (bicyclic) bond motifs is 2. The summed E-state index contributed by atoms with van der Waals surface area (Å²) in [5.74, 6) is 0.458. The molecule has 3 rings (SSSR count). The van der Waals surface area contributed by atoms with Crippen molar-refractivity contribution in [3.8, 4) is 0 Å². The number of hydrogen-bond acceptors (Lipinski definition) is 1. The molecule has 0 spiro atoms. The molecule has 2 N–H and O–H groups in total. The fourth-order valence-electron chi connectivity index (χ4n) is 3.88. The quantitative estimate of drug-likeness (QED) is 0.842. The lowest BCUT2D eigenvalue weighted by Gasteiger charge is -2.39. The molecule has 2 heterocycles. The van der Waals surface area contributed by atoms with Crippen LogP contribution >= 0.6 is 0 Å². The van der Waals surface area contributed by atoms with Crippen LogP contribution in [0.25, 0.3) is 0 Å². The minimum absolute atomic E-state index is 0.0428. The third-order valence-corrected chi connectivity index (χ3v) is 5.07. The van der Waals surface area contributed by atoms with Gasteiger partial charge in [-0.2, -0.15) is 0 Å². The third-order valence-electron chi connectivity index (χ3n) is 5.07. The van der Waals surface area contributed by atoms with Gasteiger partial charge in [0.1, 0.15) is 0 Å². The van der Waals surface area contributed by atoms with E-state index in [1.165, 1.54) is 22.2 Å². The maximum atomic E-state index is 6.55. The minimum atomic E-state index is -0.0428. The summed E-state index contributed by atoms with van der Waals surface area (Å²) in [5, 5.41) is 0. The largest absolute Gasteiger partial charge is 0.398 e. The zero-order chi connectivity index (χ0) is 15.4. The zero-order valence-corrected chi connectivity index (χ0v) is 13.8. The van der Waals surface area contributed by atoms with Crippen LogP contribution in [0.3, 0.4) is 0 Å². The average molecular weight is 280 g/mol. The smallest absolute Gasteiger partial charge is 0.233 e. The van der Waals surface area contributed by atoms with Crippen LogP contribution in [0.5, 0.6) is 0 Å². The van der Waals surface area contributed by atoms with Crippen LogP contribution < -0.4 is 16.8 Å². The molecule has 21 heavy (non-hydrogen) atoms. The van der Waals surface area contributed by atoms with Crippen molar-refractivity contribution in [2.75, 3.05) is 5.73 Å². The Labute approximate surface area is 128 Å². The molecule has 0 radical (unpaired) electrons. The Kier molecular flexibility index (Phi) is 3.20. The summed E-state index contributed by atoms with van der Waals surface area (Å²) in [6.07, 6.45) is 3.37. The molecule has 1 aliphatic heterocycles. The van der Waals surface area contributed by atoms with Crippen molar-refractivity contribution >= 4 is 23.5 Å². The van der Waals surface area contributed by atoms with Gasteiger partial charge in [0.2, 0.25) is 6.71 Å². The van der Waals surface area contributed by atoms with Crippen molar-refractivity contribution in [1.29, 1.82) is 0 Å². The number of aromatic nitrogens is 1. The van der Waals surface area contributed by atoms with Gasteiger partial charge in [-0.1, -0.05) is 56.8 Å². The normalized spacial score (nSPS) is 16.0. The van der Waals surface area contributed by atoms with Gasteiger partial charge < -0.3 is 10.3 Å². The highest BCUT2D eigenvalue weighted by Gasteiger charge is 2.40. The van der Waals surface area contributed by atoms with Crippen LogP contribution in [-0.4, -0.2) is 11.3 Å². The molecule has 0 bridgehead atoms. The molecule has 3 heteroatoms. The van der Waals surface area contributed by atoms with Crippen LogP contribution in [-0.2, 0) is 5.54 Å². The predicted molar refractivity (Wildman–Crippen MR) is 93.3 cm³/mol. The van der Waals surface area contributed by atoms with Gasteiger partial charge in [0, 0.05) is 17.5 Å². The van der Waals surface area contributed by atoms with E-state index in [0.717, 1.165) is 12.0 Å². The lowest BCUT2D eigenvalue weighted by atomic mass is 9.37. The van der Waals surface area contributed by atoms with Crippen molar-refractivity contribution in [3.05, 3.63) is 41.6 Å². The summed E-state index contributed by atoms with van der Waals surface area (Å²) < 4.78 is 2.42. The fourth-order valence-corrected chi connectivity index (χ4v) is 3.88. The van der Waals surface area contributed by atoms with Gasteiger partial charge in [0.05, 0.1) is 5.54 Å². The van der Waals surface area contributed by atoms with E-state index in [2.05, 4.69) is 69.6 Å². The lowest BCUT2D eigenvalue weighted by molar-refractivity contribution is 0.445. The zero-order valence-electron chi connectivity index (χ0n) is 13.8. The molecule has 1 aliphatic rings. The van der Waals surface area contributed by atoms with E-state index in [1.54, 1.807) is 0 Å². The van der Waals surface area contributed by atoms with Gasteiger partial charge in [-0.05, 0) is 30.9 Å². The summed E-state index contributed by atoms with van der Waals surface area (Å²) in [4.78, 5) is 0. The first-order valence-electron chi connectivity index (χ1n) is 8.00. The van der Waals surface area contributed by atoms with Crippen LogP contribution in [0.2, 0.25) is 6.32 Å². The maximum absolute atomic E-state index is 6.55. The molecular formula is C18H25BN2. The molecule has 0 amide bonds. The molecule has 0 saturated heterocycles. The molecule has 0 unspecified atom stereocenters. The van der Waals surface area contributed by atoms with E-state index in [0.29, 0.717) is 12.6 Å². The molecule has 2 aromatic rings. The van der Waals surface area contributed by atoms with Gasteiger partial charge in [-0.15, -0.1) is 0 Å². The number of nitrogens with two attached hydrogens (primary N) is 1. The standard InChI is InChI=1S/C18H25BN2/c1-6-19-15-10-8-7-9-14(15)18(4,5)21-11-13(12(2)3)16(20)17(19)21/h7-12H,6,20H2,1-5H3. The van der Waals surface area contributed by atoms with Crippen molar-refractivity contribution in [3.63, 3.8) is 0 Å². The molecule has 2 nitrogen and oxygen atoms in total. The Bertz CT molecular complexity index is 683. The second kappa shape index (κ2) is 4.69. The fraction of sp³-hybridized carbons (Fsp3) is 0.444. The van der Waals surface area contributed by atoms with Crippen LogP contribution in [0.15, 0.2) is 30.5 Å². The molecule has 0 atom stereocenters. The van der Waals surface area contributed by atoms with Crippen molar-refractivity contribution in [2.45, 2.75) is 52.4 Å². The lowest BCUT2D eigenvalue weighted by Crippen LogP contribution is -2.58. The van der Waals surface area contributed by atoms with Gasteiger partial charge in [0.15, 0.2) is 0 Å². The van der Waals surface area contributed by atoms with Gasteiger partial charge in [-0.3, -0.25) is 0 Å².